The number of hydrogen-bond acceptors (Lipinski definition) is 1. The van der Waals surface area contributed by atoms with E-state index >= 15 is 0 Å². The van der Waals surface area contributed by atoms with Crippen molar-refractivity contribution in [3.8, 4) is 0 Å². The molecule has 0 aliphatic carbocycles. The first-order valence-electron chi connectivity index (χ1n) is 3.61. The van der Waals surface area contributed by atoms with E-state index in [4.69, 9.17) is 16.7 Å². The summed E-state index contributed by atoms with van der Waals surface area (Å²) in [5.74, 6) is -0.876. The Kier molecular flexibility index (Phi) is 3.11. The van der Waals surface area contributed by atoms with Gasteiger partial charge in [0.1, 0.15) is 0 Å². The summed E-state index contributed by atoms with van der Waals surface area (Å²) in [6, 6.07) is 9.19. The highest BCUT2D eigenvalue weighted by molar-refractivity contribution is 6.21. The lowest BCUT2D eigenvalue weighted by molar-refractivity contribution is -0.137. The monoisotopic (exact) mass is 184 g/mol. The molecule has 0 aliphatic rings. The molecule has 1 aromatic carbocycles. The molecular formula is C9H9ClO2. The first-order chi connectivity index (χ1) is 5.70. The maximum Gasteiger partial charge on any atom is 0.305 e. The molecule has 1 rings (SSSR count). The normalized spacial score (nSPS) is 12.4. The topological polar surface area (TPSA) is 37.3 Å². The van der Waals surface area contributed by atoms with E-state index in [1.54, 1.807) is 0 Å². The highest BCUT2D eigenvalue weighted by Crippen LogP contribution is 2.23. The summed E-state index contributed by atoms with van der Waals surface area (Å²) in [6.45, 7) is 0. The number of carboxylic acids is 1. The number of benzene rings is 1. The van der Waals surface area contributed by atoms with Crippen LogP contribution < -0.4 is 0 Å². The van der Waals surface area contributed by atoms with Crippen LogP contribution in [0, 0.1) is 0 Å². The third kappa shape index (κ3) is 2.55. The van der Waals surface area contributed by atoms with Crippen LogP contribution in [0.5, 0.6) is 0 Å². The van der Waals surface area contributed by atoms with Gasteiger partial charge in [-0.2, -0.15) is 0 Å². The van der Waals surface area contributed by atoms with E-state index in [-0.39, 0.29) is 6.42 Å². The highest BCUT2D eigenvalue weighted by Gasteiger charge is 2.10. The zero-order valence-electron chi connectivity index (χ0n) is 6.40. The highest BCUT2D eigenvalue weighted by atomic mass is 35.5. The molecule has 0 bridgehead atoms. The van der Waals surface area contributed by atoms with Gasteiger partial charge < -0.3 is 5.11 Å². The van der Waals surface area contributed by atoms with Crippen LogP contribution in [-0.2, 0) is 4.79 Å². The average molecular weight is 185 g/mol. The molecule has 1 atom stereocenters. The van der Waals surface area contributed by atoms with Crippen LogP contribution in [-0.4, -0.2) is 11.1 Å². The van der Waals surface area contributed by atoms with Gasteiger partial charge in [-0.15, -0.1) is 11.6 Å². The molecule has 12 heavy (non-hydrogen) atoms. The lowest BCUT2D eigenvalue weighted by atomic mass is 10.1. The Morgan fingerprint density at radius 1 is 1.42 bits per heavy atom. The van der Waals surface area contributed by atoms with Crippen LogP contribution in [0.3, 0.4) is 0 Å². The predicted molar refractivity (Wildman–Crippen MR) is 47.3 cm³/mol. The average Bonchev–Trinajstić information content (AvgIpc) is 2.05. The van der Waals surface area contributed by atoms with Crippen molar-refractivity contribution in [2.24, 2.45) is 0 Å². The minimum Gasteiger partial charge on any atom is -0.481 e. The minimum atomic E-state index is -0.876. The van der Waals surface area contributed by atoms with Gasteiger partial charge in [-0.25, -0.2) is 0 Å². The van der Waals surface area contributed by atoms with Gasteiger partial charge in [0.15, 0.2) is 0 Å². The first-order valence-corrected chi connectivity index (χ1v) is 4.04. The van der Waals surface area contributed by atoms with E-state index in [1.165, 1.54) is 0 Å². The standard InChI is InChI=1S/C9H9ClO2/c10-8(6-9(11)12)7-4-2-1-3-5-7/h1-5,8H,6H2,(H,11,12)/t8-/m0/s1. The predicted octanol–water partition coefficient (Wildman–Crippen LogP) is 2.44. The molecule has 0 heterocycles. The summed E-state index contributed by atoms with van der Waals surface area (Å²) in [5, 5.41) is 8.03. The summed E-state index contributed by atoms with van der Waals surface area (Å²) < 4.78 is 0. The van der Waals surface area contributed by atoms with E-state index in [0.717, 1.165) is 5.56 Å². The van der Waals surface area contributed by atoms with Crippen LogP contribution in [0.1, 0.15) is 17.4 Å². The van der Waals surface area contributed by atoms with Crippen LogP contribution in [0.2, 0.25) is 0 Å². The van der Waals surface area contributed by atoms with Gasteiger partial charge in [-0.1, -0.05) is 30.3 Å². The summed E-state index contributed by atoms with van der Waals surface area (Å²) >= 11 is 5.82. The number of hydrogen-bond donors (Lipinski definition) is 1. The van der Waals surface area contributed by atoms with Crippen molar-refractivity contribution in [1.29, 1.82) is 0 Å². The Balaban J connectivity index is 2.65. The number of rotatable bonds is 3. The maximum absolute atomic E-state index is 10.3. The third-order valence-corrected chi connectivity index (χ3v) is 1.92. The molecule has 0 fully saturated rings. The van der Waals surface area contributed by atoms with E-state index in [2.05, 4.69) is 0 Å². The molecule has 2 nitrogen and oxygen atoms in total. The molecule has 64 valence electrons. The molecule has 1 N–H and O–H groups in total. The van der Waals surface area contributed by atoms with Crippen molar-refractivity contribution in [1.82, 2.24) is 0 Å². The van der Waals surface area contributed by atoms with Crippen molar-refractivity contribution in [2.45, 2.75) is 11.8 Å². The molecule has 0 aromatic heterocycles. The molecule has 0 saturated carbocycles. The van der Waals surface area contributed by atoms with Crippen LogP contribution >= 0.6 is 11.6 Å². The minimum absolute atomic E-state index is 0.0361. The van der Waals surface area contributed by atoms with Crippen LogP contribution in [0.15, 0.2) is 30.3 Å². The molecule has 0 aliphatic heterocycles. The molecular weight excluding hydrogens is 176 g/mol. The quantitative estimate of drug-likeness (QED) is 0.733. The Morgan fingerprint density at radius 3 is 2.50 bits per heavy atom. The van der Waals surface area contributed by atoms with Gasteiger partial charge in [-0.3, -0.25) is 4.79 Å². The Labute approximate surface area is 75.8 Å². The van der Waals surface area contributed by atoms with Gasteiger partial charge in [0.25, 0.3) is 0 Å². The molecule has 0 radical (unpaired) electrons. The van der Waals surface area contributed by atoms with Crippen molar-refractivity contribution in [3.63, 3.8) is 0 Å². The van der Waals surface area contributed by atoms with E-state index in [1.807, 2.05) is 30.3 Å². The lowest BCUT2D eigenvalue weighted by Gasteiger charge is -2.05. The summed E-state index contributed by atoms with van der Waals surface area (Å²) in [4.78, 5) is 10.3. The van der Waals surface area contributed by atoms with Crippen LogP contribution in [0.4, 0.5) is 0 Å². The van der Waals surface area contributed by atoms with E-state index in [0.29, 0.717) is 0 Å². The largest absolute Gasteiger partial charge is 0.481 e. The number of carboxylic acid groups (broad SMARTS) is 1. The molecule has 0 amide bonds. The second-order valence-corrected chi connectivity index (χ2v) is 3.00. The van der Waals surface area contributed by atoms with Crippen molar-refractivity contribution >= 4 is 17.6 Å². The fraction of sp³-hybridized carbons (Fsp3) is 0.222. The van der Waals surface area contributed by atoms with E-state index in [9.17, 15) is 4.79 Å². The molecule has 0 saturated heterocycles. The number of aliphatic carboxylic acids is 1. The Hall–Kier alpha value is -1.02. The SMILES string of the molecule is O=C(O)C[C@H](Cl)c1ccccc1. The smallest absolute Gasteiger partial charge is 0.305 e. The summed E-state index contributed by atoms with van der Waals surface area (Å²) in [6.07, 6.45) is -0.0361. The number of alkyl halides is 1. The Bertz CT molecular complexity index is 258. The zero-order valence-corrected chi connectivity index (χ0v) is 7.16. The lowest BCUT2D eigenvalue weighted by Crippen LogP contribution is -2.00. The first kappa shape index (κ1) is 9.07. The number of carbonyl (C=O) groups is 1. The zero-order chi connectivity index (χ0) is 8.97. The van der Waals surface area contributed by atoms with Gasteiger partial charge in [0.05, 0.1) is 11.8 Å². The number of halogens is 1. The van der Waals surface area contributed by atoms with E-state index < -0.39 is 11.3 Å². The summed E-state index contributed by atoms with van der Waals surface area (Å²) in [5.41, 5.74) is 0.849. The van der Waals surface area contributed by atoms with Crippen molar-refractivity contribution in [3.05, 3.63) is 35.9 Å². The van der Waals surface area contributed by atoms with Crippen LogP contribution in [0.25, 0.3) is 0 Å². The van der Waals surface area contributed by atoms with Gasteiger partial charge in [0.2, 0.25) is 0 Å². The second-order valence-electron chi connectivity index (χ2n) is 2.48. The van der Waals surface area contributed by atoms with Gasteiger partial charge >= 0.3 is 5.97 Å². The second kappa shape index (κ2) is 4.12. The third-order valence-electron chi connectivity index (χ3n) is 1.52. The molecule has 1 aromatic rings. The molecule has 0 unspecified atom stereocenters. The molecule has 0 spiro atoms. The Morgan fingerprint density at radius 2 is 2.00 bits per heavy atom. The maximum atomic E-state index is 10.3. The summed E-state index contributed by atoms with van der Waals surface area (Å²) in [7, 11) is 0. The fourth-order valence-electron chi connectivity index (χ4n) is 0.933. The fourth-order valence-corrected chi connectivity index (χ4v) is 1.21. The van der Waals surface area contributed by atoms with Gasteiger partial charge in [-0.05, 0) is 5.56 Å². The van der Waals surface area contributed by atoms with Gasteiger partial charge in [0, 0.05) is 0 Å². The van der Waals surface area contributed by atoms with Crippen molar-refractivity contribution in [2.75, 3.05) is 0 Å². The van der Waals surface area contributed by atoms with Crippen molar-refractivity contribution < 1.29 is 9.90 Å². The molecule has 3 heteroatoms.